The lowest BCUT2D eigenvalue weighted by atomic mass is 9.98. The van der Waals surface area contributed by atoms with Gasteiger partial charge in [-0.15, -0.1) is 0 Å². The molecule has 1 fully saturated rings. The Morgan fingerprint density at radius 3 is 2.63 bits per heavy atom. The highest BCUT2D eigenvalue weighted by atomic mass is 16.2. The molecule has 6 nitrogen and oxygen atoms in total. The molecule has 186 valence electrons. The fourth-order valence-electron chi connectivity index (χ4n) is 4.97. The summed E-state index contributed by atoms with van der Waals surface area (Å²) in [5.74, 6) is 0.0423. The Morgan fingerprint density at radius 1 is 1.06 bits per heavy atom. The highest BCUT2D eigenvalue weighted by Gasteiger charge is 2.21. The minimum absolute atomic E-state index is 0.0601. The zero-order valence-corrected chi connectivity index (χ0v) is 21.0. The van der Waals surface area contributed by atoms with Gasteiger partial charge in [-0.1, -0.05) is 48.5 Å². The predicted octanol–water partition coefficient (Wildman–Crippen LogP) is 4.65. The van der Waals surface area contributed by atoms with Crippen molar-refractivity contribution in [3.8, 4) is 0 Å². The molecule has 2 aromatic carbocycles. The Balaban J connectivity index is 1.42. The Labute approximate surface area is 208 Å². The highest BCUT2D eigenvalue weighted by molar-refractivity contribution is 5.84. The minimum Gasteiger partial charge on any atom is -0.356 e. The molecular formula is C29H38N4O2. The van der Waals surface area contributed by atoms with Crippen LogP contribution in [-0.4, -0.2) is 40.9 Å². The van der Waals surface area contributed by atoms with Gasteiger partial charge in [-0.3, -0.25) is 14.5 Å². The van der Waals surface area contributed by atoms with Gasteiger partial charge in [0.05, 0.1) is 0 Å². The smallest absolute Gasteiger partial charge is 0.223 e. The monoisotopic (exact) mass is 474 g/mol. The zero-order chi connectivity index (χ0) is 24.6. The van der Waals surface area contributed by atoms with Gasteiger partial charge in [0.2, 0.25) is 11.8 Å². The van der Waals surface area contributed by atoms with Crippen LogP contribution in [0.3, 0.4) is 0 Å². The van der Waals surface area contributed by atoms with Gasteiger partial charge >= 0.3 is 0 Å². The number of hydrogen-bond donors (Lipinski definition) is 2. The van der Waals surface area contributed by atoms with Crippen molar-refractivity contribution in [3.05, 3.63) is 71.9 Å². The lowest BCUT2D eigenvalue weighted by Crippen LogP contribution is -2.33. The first-order chi connectivity index (χ1) is 17.0. The summed E-state index contributed by atoms with van der Waals surface area (Å²) in [6.07, 6.45) is 5.17. The highest BCUT2D eigenvalue weighted by Crippen LogP contribution is 2.26. The topological polar surface area (TPSA) is 66.4 Å². The number of benzene rings is 2. The SMILES string of the molecule is CC(C)n1cc(CN2CCCC(C(=O)NCc3ccccc3)CCNC(=O)CC2)c2ccccc21. The van der Waals surface area contributed by atoms with Crippen LogP contribution in [0.2, 0.25) is 0 Å². The van der Waals surface area contributed by atoms with Crippen LogP contribution in [0.25, 0.3) is 10.9 Å². The van der Waals surface area contributed by atoms with Crippen molar-refractivity contribution < 1.29 is 9.59 Å². The molecule has 1 unspecified atom stereocenters. The molecule has 0 saturated carbocycles. The van der Waals surface area contributed by atoms with Crippen LogP contribution in [0.5, 0.6) is 0 Å². The Kier molecular flexibility index (Phi) is 8.59. The lowest BCUT2D eigenvalue weighted by molar-refractivity contribution is -0.126. The first kappa shape index (κ1) is 25.0. The molecule has 2 N–H and O–H groups in total. The molecule has 6 heteroatoms. The van der Waals surface area contributed by atoms with Crippen molar-refractivity contribution >= 4 is 22.7 Å². The summed E-state index contributed by atoms with van der Waals surface area (Å²) in [7, 11) is 0. The van der Waals surface area contributed by atoms with E-state index in [1.54, 1.807) is 0 Å². The van der Waals surface area contributed by atoms with E-state index in [0.717, 1.165) is 38.0 Å². The van der Waals surface area contributed by atoms with E-state index in [9.17, 15) is 9.59 Å². The second-order valence-corrected chi connectivity index (χ2v) is 9.88. The maximum atomic E-state index is 12.9. The molecule has 1 aliphatic rings. The van der Waals surface area contributed by atoms with E-state index in [1.165, 1.54) is 16.5 Å². The zero-order valence-electron chi connectivity index (χ0n) is 21.0. The van der Waals surface area contributed by atoms with Crippen LogP contribution in [0.15, 0.2) is 60.8 Å². The molecule has 3 aromatic rings. The van der Waals surface area contributed by atoms with Crippen molar-refractivity contribution in [2.45, 2.75) is 58.7 Å². The van der Waals surface area contributed by atoms with Crippen LogP contribution in [0.1, 0.15) is 56.7 Å². The number of hydrogen-bond acceptors (Lipinski definition) is 3. The molecule has 35 heavy (non-hydrogen) atoms. The van der Waals surface area contributed by atoms with Crippen LogP contribution in [0.4, 0.5) is 0 Å². The van der Waals surface area contributed by atoms with Gasteiger partial charge in [0, 0.05) is 61.7 Å². The summed E-state index contributed by atoms with van der Waals surface area (Å²) in [5, 5.41) is 7.39. The largest absolute Gasteiger partial charge is 0.356 e. The first-order valence-corrected chi connectivity index (χ1v) is 12.9. The van der Waals surface area contributed by atoms with E-state index >= 15 is 0 Å². The maximum Gasteiger partial charge on any atom is 0.223 e. The van der Waals surface area contributed by atoms with Gasteiger partial charge in [0.25, 0.3) is 0 Å². The Morgan fingerprint density at radius 2 is 1.83 bits per heavy atom. The third-order valence-corrected chi connectivity index (χ3v) is 6.95. The van der Waals surface area contributed by atoms with Gasteiger partial charge in [0.15, 0.2) is 0 Å². The van der Waals surface area contributed by atoms with Crippen molar-refractivity contribution in [1.29, 1.82) is 0 Å². The second-order valence-electron chi connectivity index (χ2n) is 9.88. The summed E-state index contributed by atoms with van der Waals surface area (Å²) >= 11 is 0. The number of carbonyl (C=O) groups excluding carboxylic acids is 2. The third kappa shape index (κ3) is 6.73. The van der Waals surface area contributed by atoms with Gasteiger partial charge in [-0.05, 0) is 56.8 Å². The van der Waals surface area contributed by atoms with E-state index in [1.807, 2.05) is 30.3 Å². The molecule has 2 heterocycles. The fraction of sp³-hybridized carbons (Fsp3) is 0.448. The van der Waals surface area contributed by atoms with Crippen molar-refractivity contribution in [3.63, 3.8) is 0 Å². The van der Waals surface area contributed by atoms with Crippen molar-refractivity contribution in [2.75, 3.05) is 19.6 Å². The second kappa shape index (κ2) is 12.0. The first-order valence-electron chi connectivity index (χ1n) is 12.9. The predicted molar refractivity (Wildman–Crippen MR) is 141 cm³/mol. The molecule has 0 aliphatic carbocycles. The van der Waals surface area contributed by atoms with Crippen molar-refractivity contribution in [1.82, 2.24) is 20.1 Å². The normalized spacial score (nSPS) is 18.3. The summed E-state index contributed by atoms with van der Waals surface area (Å²) in [6, 6.07) is 18.9. The summed E-state index contributed by atoms with van der Waals surface area (Å²) in [6.45, 7) is 7.89. The van der Waals surface area contributed by atoms with Crippen LogP contribution >= 0.6 is 0 Å². The molecule has 1 saturated heterocycles. The molecule has 0 spiro atoms. The molecular weight excluding hydrogens is 436 g/mol. The number of fused-ring (bicyclic) bond motifs is 1. The van der Waals surface area contributed by atoms with Gasteiger partial charge in [-0.2, -0.15) is 0 Å². The van der Waals surface area contributed by atoms with Crippen molar-refractivity contribution in [2.24, 2.45) is 5.92 Å². The molecule has 1 aromatic heterocycles. The maximum absolute atomic E-state index is 12.9. The van der Waals surface area contributed by atoms with Crippen LogP contribution < -0.4 is 10.6 Å². The molecule has 4 rings (SSSR count). The summed E-state index contributed by atoms with van der Waals surface area (Å²) in [4.78, 5) is 27.8. The number of amides is 2. The molecule has 2 amide bonds. The third-order valence-electron chi connectivity index (χ3n) is 6.95. The van der Waals surface area contributed by atoms with E-state index < -0.39 is 0 Å². The molecule has 1 atom stereocenters. The Bertz CT molecular complexity index is 1120. The fourth-order valence-corrected chi connectivity index (χ4v) is 4.97. The van der Waals surface area contributed by atoms with E-state index in [4.69, 9.17) is 0 Å². The lowest BCUT2D eigenvalue weighted by Gasteiger charge is -2.22. The Hall–Kier alpha value is -3.12. The number of rotatable bonds is 6. The van der Waals surface area contributed by atoms with Gasteiger partial charge < -0.3 is 15.2 Å². The van der Waals surface area contributed by atoms with E-state index in [2.05, 4.69) is 64.4 Å². The van der Waals surface area contributed by atoms with Crippen LogP contribution in [-0.2, 0) is 22.7 Å². The molecule has 0 radical (unpaired) electrons. The molecule has 0 bridgehead atoms. The number of nitrogens with one attached hydrogen (secondary N) is 2. The average molecular weight is 475 g/mol. The number of nitrogens with zero attached hydrogens (tertiary/aromatic N) is 2. The van der Waals surface area contributed by atoms with Gasteiger partial charge in [0.1, 0.15) is 0 Å². The minimum atomic E-state index is -0.0955. The number of carbonyl (C=O) groups is 2. The average Bonchev–Trinajstić information content (AvgIpc) is 3.22. The van der Waals surface area contributed by atoms with Gasteiger partial charge in [-0.25, -0.2) is 0 Å². The van der Waals surface area contributed by atoms with Crippen LogP contribution in [0, 0.1) is 5.92 Å². The molecule has 1 aliphatic heterocycles. The summed E-state index contributed by atoms with van der Waals surface area (Å²) < 4.78 is 2.33. The number of aromatic nitrogens is 1. The number of para-hydroxylation sites is 1. The van der Waals surface area contributed by atoms with E-state index in [-0.39, 0.29) is 17.7 Å². The summed E-state index contributed by atoms with van der Waals surface area (Å²) in [5.41, 5.74) is 3.64. The van der Waals surface area contributed by atoms with E-state index in [0.29, 0.717) is 32.0 Å². The quantitative estimate of drug-likeness (QED) is 0.547. The standard InChI is InChI=1S/C29H38N4O2/c1-22(2)33-21-25(26-12-6-7-13-27(26)33)20-32-17-8-11-24(14-16-30-28(34)15-18-32)29(35)31-19-23-9-4-3-5-10-23/h3-7,9-10,12-13,21-22,24H,8,11,14-20H2,1-2H3,(H,30,34)(H,31,35).